The molecule has 0 aliphatic carbocycles. The fourth-order valence-corrected chi connectivity index (χ4v) is 0.720. The predicted molar refractivity (Wildman–Crippen MR) is 53.3 cm³/mol. The fraction of sp³-hybridized carbons (Fsp3) is 0.600. The summed E-state index contributed by atoms with van der Waals surface area (Å²) in [7, 11) is 0. The number of rotatable bonds is 7. The third-order valence-corrected chi connectivity index (χ3v) is 1.38. The number of likely N-dealkylation sites (N-methyl/N-ethyl adjacent to an activating group) is 1. The van der Waals surface area contributed by atoms with Crippen molar-refractivity contribution in [1.82, 2.24) is 5.32 Å². The molecule has 1 N–H and O–H groups in total. The first kappa shape index (κ1) is 11.4. The van der Waals surface area contributed by atoms with Gasteiger partial charge in [0.1, 0.15) is 0 Å². The van der Waals surface area contributed by atoms with Crippen LogP contribution < -0.4 is 5.32 Å². The summed E-state index contributed by atoms with van der Waals surface area (Å²) >= 11 is 0. The van der Waals surface area contributed by atoms with Crippen molar-refractivity contribution in [3.63, 3.8) is 0 Å². The van der Waals surface area contributed by atoms with Gasteiger partial charge in [0.25, 0.3) is 0 Å². The summed E-state index contributed by atoms with van der Waals surface area (Å²) in [6, 6.07) is 0. The van der Waals surface area contributed by atoms with Crippen LogP contribution in [0.4, 0.5) is 0 Å². The van der Waals surface area contributed by atoms with Crippen molar-refractivity contribution in [2.24, 2.45) is 0 Å². The Balaban J connectivity index is 3.19. The molecule has 0 rings (SSSR count). The van der Waals surface area contributed by atoms with Crippen LogP contribution in [0.1, 0.15) is 13.8 Å². The van der Waals surface area contributed by atoms with Gasteiger partial charge in [-0.1, -0.05) is 25.7 Å². The highest BCUT2D eigenvalue weighted by atomic mass is 16.5. The van der Waals surface area contributed by atoms with Crippen LogP contribution in [0.15, 0.2) is 24.3 Å². The lowest BCUT2D eigenvalue weighted by molar-refractivity contribution is 0.185. The Kier molecular flexibility index (Phi) is 8.07. The minimum atomic E-state index is 0.650. The standard InChI is InChI=1S/C10H19NO/c1-4-6-7-12-9-10(3)8-11-5-2/h4,6,11H,3,5,7-9H2,1-2H3/b6-4+. The van der Waals surface area contributed by atoms with Gasteiger partial charge >= 0.3 is 0 Å². The van der Waals surface area contributed by atoms with Crippen LogP contribution in [0.25, 0.3) is 0 Å². The highest BCUT2D eigenvalue weighted by Crippen LogP contribution is 1.89. The van der Waals surface area contributed by atoms with Gasteiger partial charge in [0.2, 0.25) is 0 Å². The normalized spacial score (nSPS) is 10.8. The molecule has 0 amide bonds. The second-order valence-corrected chi connectivity index (χ2v) is 2.61. The molecule has 0 atom stereocenters. The van der Waals surface area contributed by atoms with Gasteiger partial charge in [0.05, 0.1) is 13.2 Å². The van der Waals surface area contributed by atoms with Gasteiger partial charge in [0.15, 0.2) is 0 Å². The van der Waals surface area contributed by atoms with Crippen LogP contribution in [0.5, 0.6) is 0 Å². The highest BCUT2D eigenvalue weighted by molar-refractivity contribution is 4.96. The van der Waals surface area contributed by atoms with E-state index in [-0.39, 0.29) is 0 Å². The number of nitrogens with one attached hydrogen (secondary N) is 1. The second kappa shape index (κ2) is 8.50. The van der Waals surface area contributed by atoms with Gasteiger partial charge in [-0.05, 0) is 19.0 Å². The van der Waals surface area contributed by atoms with E-state index in [9.17, 15) is 0 Å². The fourth-order valence-electron chi connectivity index (χ4n) is 0.720. The molecule has 0 bridgehead atoms. The monoisotopic (exact) mass is 169 g/mol. The van der Waals surface area contributed by atoms with Crippen LogP contribution in [0, 0.1) is 0 Å². The van der Waals surface area contributed by atoms with Gasteiger partial charge in [-0.2, -0.15) is 0 Å². The second-order valence-electron chi connectivity index (χ2n) is 2.61. The molecule has 0 saturated heterocycles. The van der Waals surface area contributed by atoms with Gasteiger partial charge in [0, 0.05) is 6.54 Å². The first-order chi connectivity index (χ1) is 5.81. The summed E-state index contributed by atoms with van der Waals surface area (Å²) in [4.78, 5) is 0. The maximum atomic E-state index is 5.31. The van der Waals surface area contributed by atoms with Crippen molar-refractivity contribution in [3.8, 4) is 0 Å². The van der Waals surface area contributed by atoms with Crippen molar-refractivity contribution in [3.05, 3.63) is 24.3 Å². The Morgan fingerprint density at radius 3 is 2.92 bits per heavy atom. The van der Waals surface area contributed by atoms with E-state index < -0.39 is 0 Å². The molecule has 2 heteroatoms. The molecule has 0 aromatic heterocycles. The van der Waals surface area contributed by atoms with Crippen LogP contribution in [-0.2, 0) is 4.74 Å². The van der Waals surface area contributed by atoms with Crippen molar-refractivity contribution >= 4 is 0 Å². The smallest absolute Gasteiger partial charge is 0.0690 e. The first-order valence-electron chi connectivity index (χ1n) is 4.37. The Bertz CT molecular complexity index is 141. The molecule has 0 radical (unpaired) electrons. The van der Waals surface area contributed by atoms with E-state index in [0.29, 0.717) is 13.2 Å². The average molecular weight is 169 g/mol. The lowest BCUT2D eigenvalue weighted by atomic mass is 10.3. The zero-order valence-corrected chi connectivity index (χ0v) is 8.10. The molecule has 0 fully saturated rings. The van der Waals surface area contributed by atoms with Gasteiger partial charge in [-0.25, -0.2) is 0 Å². The van der Waals surface area contributed by atoms with Gasteiger partial charge in [-0.3, -0.25) is 0 Å². The first-order valence-corrected chi connectivity index (χ1v) is 4.37. The minimum absolute atomic E-state index is 0.650. The van der Waals surface area contributed by atoms with Crippen LogP contribution >= 0.6 is 0 Å². The number of allylic oxidation sites excluding steroid dienone is 1. The average Bonchev–Trinajstić information content (AvgIpc) is 2.09. The molecule has 0 unspecified atom stereocenters. The van der Waals surface area contributed by atoms with E-state index in [1.54, 1.807) is 0 Å². The van der Waals surface area contributed by atoms with Crippen molar-refractivity contribution < 1.29 is 4.74 Å². The molecule has 0 aromatic rings. The lowest BCUT2D eigenvalue weighted by Gasteiger charge is -2.05. The summed E-state index contributed by atoms with van der Waals surface area (Å²) in [5, 5.41) is 3.19. The molecule has 0 saturated carbocycles. The molecule has 2 nitrogen and oxygen atoms in total. The third kappa shape index (κ3) is 7.51. The summed E-state index contributed by atoms with van der Waals surface area (Å²) < 4.78 is 5.31. The van der Waals surface area contributed by atoms with Gasteiger partial charge in [-0.15, -0.1) is 0 Å². The molecule has 0 spiro atoms. The molecule has 12 heavy (non-hydrogen) atoms. The Morgan fingerprint density at radius 2 is 2.33 bits per heavy atom. The third-order valence-electron chi connectivity index (χ3n) is 1.38. The van der Waals surface area contributed by atoms with Crippen molar-refractivity contribution in [1.29, 1.82) is 0 Å². The molecule has 0 aromatic carbocycles. The minimum Gasteiger partial charge on any atom is -0.373 e. The van der Waals surface area contributed by atoms with Crippen molar-refractivity contribution in [2.75, 3.05) is 26.3 Å². The highest BCUT2D eigenvalue weighted by Gasteiger charge is 1.91. The zero-order valence-electron chi connectivity index (χ0n) is 8.10. The Labute approximate surface area is 75.3 Å². The Hall–Kier alpha value is -0.600. The van der Waals surface area contributed by atoms with E-state index in [1.165, 1.54) is 0 Å². The predicted octanol–water partition coefficient (Wildman–Crippen LogP) is 1.74. The summed E-state index contributed by atoms with van der Waals surface area (Å²) in [5.41, 5.74) is 1.10. The van der Waals surface area contributed by atoms with E-state index in [0.717, 1.165) is 18.7 Å². The van der Waals surface area contributed by atoms with Crippen LogP contribution in [0.2, 0.25) is 0 Å². The van der Waals surface area contributed by atoms with E-state index in [1.807, 2.05) is 19.1 Å². The van der Waals surface area contributed by atoms with E-state index >= 15 is 0 Å². The molecule has 0 heterocycles. The topological polar surface area (TPSA) is 21.3 Å². The lowest BCUT2D eigenvalue weighted by Crippen LogP contribution is -2.18. The number of hydrogen-bond donors (Lipinski definition) is 1. The van der Waals surface area contributed by atoms with E-state index in [4.69, 9.17) is 4.74 Å². The molecule has 0 aliphatic heterocycles. The Morgan fingerprint density at radius 1 is 1.58 bits per heavy atom. The molecular weight excluding hydrogens is 150 g/mol. The number of hydrogen-bond acceptors (Lipinski definition) is 2. The number of ether oxygens (including phenoxy) is 1. The van der Waals surface area contributed by atoms with Crippen molar-refractivity contribution in [2.45, 2.75) is 13.8 Å². The molecular formula is C10H19NO. The molecule has 0 aliphatic rings. The SMILES string of the molecule is C=C(CNCC)COC/C=C/C. The summed E-state index contributed by atoms with van der Waals surface area (Å²) in [6.07, 6.45) is 3.97. The maximum Gasteiger partial charge on any atom is 0.0690 e. The van der Waals surface area contributed by atoms with Crippen LogP contribution in [0.3, 0.4) is 0 Å². The largest absolute Gasteiger partial charge is 0.373 e. The molecule has 70 valence electrons. The van der Waals surface area contributed by atoms with E-state index in [2.05, 4.69) is 18.8 Å². The quantitative estimate of drug-likeness (QED) is 0.463. The summed E-state index contributed by atoms with van der Waals surface area (Å²) in [6.45, 7) is 11.1. The summed E-state index contributed by atoms with van der Waals surface area (Å²) in [5.74, 6) is 0. The zero-order chi connectivity index (χ0) is 9.23. The van der Waals surface area contributed by atoms with Crippen LogP contribution in [-0.4, -0.2) is 26.3 Å². The maximum absolute atomic E-state index is 5.31. The van der Waals surface area contributed by atoms with Gasteiger partial charge < -0.3 is 10.1 Å².